The molecule has 4 aromatic rings. The SMILES string of the molecule is COc1cc(F)cc(F)c1-c1nccc(Nc2cc(N3CCC[C@H](O)C3)c(-c3cnn(C(F)(F)F)c3)cn2)n1. The average molecular weight is 547 g/mol. The van der Waals surface area contributed by atoms with Crippen molar-refractivity contribution in [2.24, 2.45) is 0 Å². The second kappa shape index (κ2) is 10.4. The highest BCUT2D eigenvalue weighted by Gasteiger charge is 2.32. The van der Waals surface area contributed by atoms with Crippen LogP contribution in [0.4, 0.5) is 39.3 Å². The van der Waals surface area contributed by atoms with E-state index in [0.717, 1.165) is 18.5 Å². The van der Waals surface area contributed by atoms with Gasteiger partial charge in [0.2, 0.25) is 0 Å². The standard InChI is InChI=1S/C25H22F5N7O2/c1-39-20-8-15(26)7-18(27)23(20)24-31-5-4-21(35-24)34-22-9-19(36-6-2-3-16(38)13-36)17(11-32-22)14-10-33-37(12-14)25(28,29)30/h4-5,7-12,16,38H,2-3,6,13H2,1H3,(H,31,32,34,35)/t16-/m0/s1. The van der Waals surface area contributed by atoms with Crippen LogP contribution in [0.1, 0.15) is 12.8 Å². The maximum absolute atomic E-state index is 14.6. The third kappa shape index (κ3) is 5.60. The van der Waals surface area contributed by atoms with E-state index in [0.29, 0.717) is 36.7 Å². The number of methoxy groups -OCH3 is 1. The summed E-state index contributed by atoms with van der Waals surface area (Å²) in [5, 5.41) is 16.6. The van der Waals surface area contributed by atoms with E-state index >= 15 is 0 Å². The van der Waals surface area contributed by atoms with Crippen molar-refractivity contribution in [3.8, 4) is 28.3 Å². The van der Waals surface area contributed by atoms with E-state index in [2.05, 4.69) is 25.4 Å². The van der Waals surface area contributed by atoms with Gasteiger partial charge in [-0.25, -0.2) is 23.7 Å². The number of alkyl halides is 3. The number of halogens is 5. The quantitative estimate of drug-likeness (QED) is 0.330. The largest absolute Gasteiger partial charge is 0.504 e. The van der Waals surface area contributed by atoms with Crippen LogP contribution >= 0.6 is 0 Å². The molecule has 5 rings (SSSR count). The second-order valence-electron chi connectivity index (χ2n) is 8.83. The molecule has 1 fully saturated rings. The molecule has 0 radical (unpaired) electrons. The van der Waals surface area contributed by atoms with Crippen molar-refractivity contribution in [1.29, 1.82) is 0 Å². The number of aliphatic hydroxyl groups is 1. The van der Waals surface area contributed by atoms with Crippen molar-refractivity contribution >= 4 is 17.3 Å². The van der Waals surface area contributed by atoms with Gasteiger partial charge in [0.1, 0.15) is 29.0 Å². The third-order valence-electron chi connectivity index (χ3n) is 6.15. The fourth-order valence-corrected chi connectivity index (χ4v) is 4.38. The number of aliphatic hydroxyl groups excluding tert-OH is 1. The zero-order valence-corrected chi connectivity index (χ0v) is 20.5. The van der Waals surface area contributed by atoms with Gasteiger partial charge in [-0.15, -0.1) is 13.2 Å². The maximum Gasteiger partial charge on any atom is 0.504 e. The Morgan fingerprint density at radius 2 is 1.92 bits per heavy atom. The number of hydrogen-bond acceptors (Lipinski definition) is 8. The second-order valence-corrected chi connectivity index (χ2v) is 8.83. The van der Waals surface area contributed by atoms with E-state index in [1.807, 2.05) is 4.90 Å². The summed E-state index contributed by atoms with van der Waals surface area (Å²) in [6.45, 7) is 0.855. The molecule has 204 valence electrons. The first-order chi connectivity index (χ1) is 18.6. The molecule has 0 spiro atoms. The molecule has 2 N–H and O–H groups in total. The molecule has 0 amide bonds. The smallest absolute Gasteiger partial charge is 0.496 e. The number of nitrogens with one attached hydrogen (secondary N) is 1. The molecule has 0 aliphatic carbocycles. The van der Waals surface area contributed by atoms with Crippen LogP contribution in [-0.2, 0) is 6.30 Å². The average Bonchev–Trinajstić information content (AvgIpc) is 3.39. The minimum absolute atomic E-state index is 0.0649. The van der Waals surface area contributed by atoms with Crippen LogP contribution in [0.25, 0.3) is 22.5 Å². The monoisotopic (exact) mass is 547 g/mol. The Morgan fingerprint density at radius 3 is 2.64 bits per heavy atom. The van der Waals surface area contributed by atoms with Gasteiger partial charge in [0, 0.05) is 61.0 Å². The Balaban J connectivity index is 1.51. The first-order valence-corrected chi connectivity index (χ1v) is 11.8. The van der Waals surface area contributed by atoms with Crippen molar-refractivity contribution in [3.05, 3.63) is 60.7 Å². The first-order valence-electron chi connectivity index (χ1n) is 11.8. The van der Waals surface area contributed by atoms with Crippen LogP contribution in [0.15, 0.2) is 49.1 Å². The first kappa shape index (κ1) is 26.3. The predicted molar refractivity (Wildman–Crippen MR) is 131 cm³/mol. The zero-order valence-electron chi connectivity index (χ0n) is 20.5. The molecule has 1 aromatic carbocycles. The van der Waals surface area contributed by atoms with Gasteiger partial charge in [-0.1, -0.05) is 0 Å². The summed E-state index contributed by atoms with van der Waals surface area (Å²) in [6, 6.07) is 4.84. The number of anilines is 3. The summed E-state index contributed by atoms with van der Waals surface area (Å²) in [6.07, 6.45) is 0.772. The van der Waals surface area contributed by atoms with Crippen LogP contribution in [0.5, 0.6) is 5.75 Å². The van der Waals surface area contributed by atoms with Crippen LogP contribution in [0.2, 0.25) is 0 Å². The summed E-state index contributed by atoms with van der Waals surface area (Å²) in [5.74, 6) is -1.37. The van der Waals surface area contributed by atoms with Crippen molar-refractivity contribution < 1.29 is 31.8 Å². The lowest BCUT2D eigenvalue weighted by Gasteiger charge is -2.33. The van der Waals surface area contributed by atoms with Gasteiger partial charge in [0.25, 0.3) is 0 Å². The van der Waals surface area contributed by atoms with Gasteiger partial charge in [0.05, 0.1) is 30.7 Å². The van der Waals surface area contributed by atoms with E-state index in [9.17, 15) is 27.1 Å². The highest BCUT2D eigenvalue weighted by molar-refractivity contribution is 5.80. The van der Waals surface area contributed by atoms with E-state index in [4.69, 9.17) is 4.74 Å². The molecule has 0 bridgehead atoms. The molecule has 1 aliphatic rings. The van der Waals surface area contributed by atoms with E-state index < -0.39 is 24.0 Å². The van der Waals surface area contributed by atoms with Gasteiger partial charge in [-0.05, 0) is 18.9 Å². The third-order valence-corrected chi connectivity index (χ3v) is 6.15. The molecule has 1 aliphatic heterocycles. The Hall–Kier alpha value is -4.33. The number of hydrogen-bond donors (Lipinski definition) is 2. The van der Waals surface area contributed by atoms with Gasteiger partial charge in [-0.3, -0.25) is 0 Å². The molecule has 4 heterocycles. The molecular weight excluding hydrogens is 525 g/mol. The Labute approximate surface area is 218 Å². The Morgan fingerprint density at radius 1 is 1.10 bits per heavy atom. The van der Waals surface area contributed by atoms with E-state index in [1.165, 1.54) is 25.6 Å². The number of rotatable bonds is 6. The number of β-amino-alcohol motifs (C(OH)–C–C–N with tert-alkyl or cyclic N) is 1. The van der Waals surface area contributed by atoms with Crippen LogP contribution < -0.4 is 15.0 Å². The minimum atomic E-state index is -4.67. The van der Waals surface area contributed by atoms with Gasteiger partial charge >= 0.3 is 6.30 Å². The molecule has 3 aromatic heterocycles. The number of piperidine rings is 1. The van der Waals surface area contributed by atoms with E-state index in [-0.39, 0.29) is 45.6 Å². The van der Waals surface area contributed by atoms with Crippen LogP contribution in [-0.4, -0.2) is 56.1 Å². The maximum atomic E-state index is 14.6. The number of benzene rings is 1. The lowest BCUT2D eigenvalue weighted by molar-refractivity contribution is -0.212. The predicted octanol–water partition coefficient (Wildman–Crippen LogP) is 4.87. The molecule has 1 saturated heterocycles. The number of ether oxygens (including phenoxy) is 1. The molecular formula is C25H22F5N7O2. The lowest BCUT2D eigenvalue weighted by Crippen LogP contribution is -2.38. The highest BCUT2D eigenvalue weighted by Crippen LogP contribution is 2.36. The van der Waals surface area contributed by atoms with Gasteiger partial charge in [0.15, 0.2) is 5.82 Å². The van der Waals surface area contributed by atoms with Crippen molar-refractivity contribution in [1.82, 2.24) is 24.7 Å². The molecule has 14 heteroatoms. The summed E-state index contributed by atoms with van der Waals surface area (Å²) >= 11 is 0. The number of aromatic nitrogens is 5. The van der Waals surface area contributed by atoms with Crippen molar-refractivity contribution in [2.45, 2.75) is 25.2 Å². The Bertz CT molecular complexity index is 1490. The topological polar surface area (TPSA) is 101 Å². The van der Waals surface area contributed by atoms with Crippen LogP contribution in [0.3, 0.4) is 0 Å². The van der Waals surface area contributed by atoms with Crippen molar-refractivity contribution in [3.63, 3.8) is 0 Å². The highest BCUT2D eigenvalue weighted by atomic mass is 19.4. The number of pyridine rings is 1. The summed E-state index contributed by atoms with van der Waals surface area (Å²) in [5.41, 5.74) is 1.00. The molecule has 39 heavy (non-hydrogen) atoms. The molecule has 0 unspecified atom stereocenters. The fraction of sp³-hybridized carbons (Fsp3) is 0.280. The summed E-state index contributed by atoms with van der Waals surface area (Å²) in [7, 11) is 1.27. The zero-order chi connectivity index (χ0) is 27.7. The van der Waals surface area contributed by atoms with Gasteiger partial charge < -0.3 is 20.1 Å². The lowest BCUT2D eigenvalue weighted by atomic mass is 10.0. The minimum Gasteiger partial charge on any atom is -0.496 e. The summed E-state index contributed by atoms with van der Waals surface area (Å²) < 4.78 is 72.7. The fourth-order valence-electron chi connectivity index (χ4n) is 4.38. The van der Waals surface area contributed by atoms with Crippen molar-refractivity contribution in [2.75, 3.05) is 30.4 Å². The normalized spacial score (nSPS) is 15.9. The number of nitrogens with zero attached hydrogens (tertiary/aromatic N) is 6. The molecule has 0 saturated carbocycles. The molecule has 1 atom stereocenters. The van der Waals surface area contributed by atoms with Crippen LogP contribution in [0, 0.1) is 11.6 Å². The van der Waals surface area contributed by atoms with Gasteiger partial charge in [-0.2, -0.15) is 9.78 Å². The molecule has 9 nitrogen and oxygen atoms in total. The van der Waals surface area contributed by atoms with E-state index in [1.54, 1.807) is 6.07 Å². The summed E-state index contributed by atoms with van der Waals surface area (Å²) in [4.78, 5) is 14.6. The Kier molecular flexibility index (Phi) is 7.04.